The van der Waals surface area contributed by atoms with Gasteiger partial charge in [-0.25, -0.2) is 0 Å². The van der Waals surface area contributed by atoms with Gasteiger partial charge in [0, 0.05) is 31.6 Å². The molecule has 1 amide bonds. The number of rotatable bonds is 7. The summed E-state index contributed by atoms with van der Waals surface area (Å²) >= 11 is 1.76. The Hall–Kier alpha value is -2.36. The summed E-state index contributed by atoms with van der Waals surface area (Å²) in [6.07, 6.45) is 0.229. The van der Waals surface area contributed by atoms with Gasteiger partial charge in [-0.3, -0.25) is 14.7 Å². The first-order valence-electron chi connectivity index (χ1n) is 9.29. The van der Waals surface area contributed by atoms with Crippen LogP contribution in [0.4, 0.5) is 0 Å². The second-order valence-electron chi connectivity index (χ2n) is 6.64. The van der Waals surface area contributed by atoms with Crippen LogP contribution in [0, 0.1) is 0 Å². The predicted octanol–water partition coefficient (Wildman–Crippen LogP) is 1.57. The number of thiophene rings is 1. The number of aliphatic imine (C=N–C) groups is 1. The van der Waals surface area contributed by atoms with E-state index in [9.17, 15) is 4.79 Å². The molecule has 2 aromatic heterocycles. The van der Waals surface area contributed by atoms with Crippen LogP contribution in [0.2, 0.25) is 0 Å². The van der Waals surface area contributed by atoms with Gasteiger partial charge in [0.2, 0.25) is 0 Å². The number of furan rings is 1. The molecule has 3 rings (SSSR count). The first-order chi connectivity index (χ1) is 13.6. The molecule has 1 saturated heterocycles. The molecule has 4 N–H and O–H groups in total. The number of guanidine groups is 1. The molecule has 3 heterocycles. The highest BCUT2D eigenvalue weighted by Crippen LogP contribution is 2.26. The molecule has 0 bridgehead atoms. The topological polar surface area (TPSA) is 105 Å². The molecule has 0 spiro atoms. The lowest BCUT2D eigenvalue weighted by molar-refractivity contribution is -0.0334. The number of amides is 1. The summed E-state index contributed by atoms with van der Waals surface area (Å²) in [5.74, 6) is 0.861. The van der Waals surface area contributed by atoms with Crippen LogP contribution in [0.25, 0.3) is 0 Å². The Bertz CT molecular complexity index is 789. The molecule has 0 aliphatic carbocycles. The van der Waals surface area contributed by atoms with Gasteiger partial charge in [-0.1, -0.05) is 6.07 Å². The van der Waals surface area contributed by atoms with Gasteiger partial charge in [0.15, 0.2) is 11.7 Å². The van der Waals surface area contributed by atoms with Crippen molar-refractivity contribution in [3.8, 4) is 0 Å². The van der Waals surface area contributed by atoms with Crippen LogP contribution in [0.5, 0.6) is 0 Å². The van der Waals surface area contributed by atoms with Crippen molar-refractivity contribution in [2.24, 2.45) is 10.7 Å². The Labute approximate surface area is 168 Å². The highest BCUT2D eigenvalue weighted by molar-refractivity contribution is 7.10. The van der Waals surface area contributed by atoms with Crippen molar-refractivity contribution in [3.63, 3.8) is 0 Å². The Morgan fingerprint density at radius 1 is 1.43 bits per heavy atom. The molecule has 9 heteroatoms. The average Bonchev–Trinajstić information content (AvgIpc) is 3.36. The lowest BCUT2D eigenvalue weighted by Crippen LogP contribution is -2.47. The summed E-state index contributed by atoms with van der Waals surface area (Å²) in [7, 11) is 1.73. The van der Waals surface area contributed by atoms with Gasteiger partial charge >= 0.3 is 0 Å². The van der Waals surface area contributed by atoms with Crippen molar-refractivity contribution >= 4 is 23.2 Å². The van der Waals surface area contributed by atoms with E-state index in [1.807, 2.05) is 0 Å². The van der Waals surface area contributed by atoms with Crippen molar-refractivity contribution in [1.29, 1.82) is 0 Å². The molecular formula is C19H27N5O3S. The van der Waals surface area contributed by atoms with Crippen molar-refractivity contribution in [2.45, 2.75) is 25.6 Å². The van der Waals surface area contributed by atoms with Crippen LogP contribution in [0.15, 0.2) is 39.1 Å². The number of hydrogen-bond acceptors (Lipinski definition) is 6. The summed E-state index contributed by atoms with van der Waals surface area (Å²) in [6, 6.07) is 7.79. The number of nitrogens with one attached hydrogen (secondary N) is 2. The van der Waals surface area contributed by atoms with E-state index in [-0.39, 0.29) is 17.9 Å². The molecule has 0 saturated carbocycles. The molecule has 2 unspecified atom stereocenters. The fourth-order valence-corrected chi connectivity index (χ4v) is 4.07. The molecule has 28 heavy (non-hydrogen) atoms. The molecule has 1 aliphatic heterocycles. The van der Waals surface area contributed by atoms with Crippen LogP contribution < -0.4 is 16.4 Å². The maximum atomic E-state index is 11.1. The van der Waals surface area contributed by atoms with Gasteiger partial charge in [0.1, 0.15) is 5.76 Å². The number of morpholine rings is 1. The van der Waals surface area contributed by atoms with Gasteiger partial charge in [-0.15, -0.1) is 11.3 Å². The van der Waals surface area contributed by atoms with Crippen LogP contribution in [0.3, 0.4) is 0 Å². The molecule has 2 atom stereocenters. The highest BCUT2D eigenvalue weighted by atomic mass is 32.1. The third kappa shape index (κ3) is 5.34. The van der Waals surface area contributed by atoms with E-state index >= 15 is 0 Å². The zero-order valence-electron chi connectivity index (χ0n) is 16.2. The van der Waals surface area contributed by atoms with E-state index < -0.39 is 5.91 Å². The zero-order valence-corrected chi connectivity index (χ0v) is 17.0. The molecule has 1 aliphatic rings. The van der Waals surface area contributed by atoms with E-state index in [0.717, 1.165) is 26.2 Å². The normalized spacial score (nSPS) is 19.4. The Balaban J connectivity index is 1.58. The molecule has 0 aromatic carbocycles. The second-order valence-corrected chi connectivity index (χ2v) is 7.62. The third-order valence-corrected chi connectivity index (χ3v) is 5.58. The molecular weight excluding hydrogens is 378 g/mol. The average molecular weight is 406 g/mol. The minimum absolute atomic E-state index is 0.152. The quantitative estimate of drug-likeness (QED) is 0.477. The number of nitrogens with two attached hydrogens (primary N) is 1. The first kappa shape index (κ1) is 20.4. The second kappa shape index (κ2) is 9.72. The lowest BCUT2D eigenvalue weighted by atomic mass is 10.1. The van der Waals surface area contributed by atoms with Crippen LogP contribution in [-0.2, 0) is 11.3 Å². The van der Waals surface area contributed by atoms with E-state index in [0.29, 0.717) is 18.3 Å². The number of hydrogen-bond donors (Lipinski definition) is 3. The SMILES string of the molecule is CN=C(NCc1ccc(C(N)=O)o1)NCC(c1cccs1)N1CCOC(C)C1. The van der Waals surface area contributed by atoms with Gasteiger partial charge in [-0.05, 0) is 30.5 Å². The summed E-state index contributed by atoms with van der Waals surface area (Å²) < 4.78 is 11.1. The Morgan fingerprint density at radius 2 is 2.29 bits per heavy atom. The Morgan fingerprint density at radius 3 is 2.93 bits per heavy atom. The number of nitrogens with zero attached hydrogens (tertiary/aromatic N) is 2. The van der Waals surface area contributed by atoms with Crippen molar-refractivity contribution < 1.29 is 13.9 Å². The highest BCUT2D eigenvalue weighted by Gasteiger charge is 2.26. The van der Waals surface area contributed by atoms with Crippen LogP contribution >= 0.6 is 11.3 Å². The van der Waals surface area contributed by atoms with Gasteiger partial charge < -0.3 is 25.5 Å². The van der Waals surface area contributed by atoms with Crippen molar-refractivity contribution in [1.82, 2.24) is 15.5 Å². The smallest absolute Gasteiger partial charge is 0.284 e. The maximum absolute atomic E-state index is 11.1. The molecule has 0 radical (unpaired) electrons. The Kier molecular flexibility index (Phi) is 7.07. The van der Waals surface area contributed by atoms with Crippen LogP contribution in [-0.4, -0.2) is 56.2 Å². The number of primary amides is 1. The fraction of sp³-hybridized carbons (Fsp3) is 0.474. The minimum atomic E-state index is -0.577. The largest absolute Gasteiger partial charge is 0.454 e. The van der Waals surface area contributed by atoms with Gasteiger partial charge in [0.25, 0.3) is 5.91 Å². The molecule has 8 nitrogen and oxygen atoms in total. The number of ether oxygens (including phenoxy) is 1. The predicted molar refractivity (Wildman–Crippen MR) is 109 cm³/mol. The van der Waals surface area contributed by atoms with Crippen molar-refractivity contribution in [2.75, 3.05) is 33.3 Å². The summed E-state index contributed by atoms with van der Waals surface area (Å²) in [5.41, 5.74) is 5.22. The van der Waals surface area contributed by atoms with E-state index in [2.05, 4.69) is 45.0 Å². The lowest BCUT2D eigenvalue weighted by Gasteiger charge is -2.37. The molecule has 1 fully saturated rings. The number of carbonyl (C=O) groups is 1. The summed E-state index contributed by atoms with van der Waals surface area (Å²) in [6.45, 7) is 5.79. The molecule has 152 valence electrons. The standard InChI is InChI=1S/C19H27N5O3S/c1-13-12-24(7-8-26-13)15(17-4-3-9-28-17)11-23-19(21-2)22-10-14-5-6-16(27-14)18(20)25/h3-6,9,13,15H,7-8,10-12H2,1-2H3,(H2,20,25)(H2,21,22,23). The van der Waals surface area contributed by atoms with Crippen LogP contribution in [0.1, 0.15) is 34.2 Å². The van der Waals surface area contributed by atoms with Gasteiger partial charge in [0.05, 0.1) is 25.3 Å². The minimum Gasteiger partial charge on any atom is -0.454 e. The zero-order chi connectivity index (χ0) is 19.9. The monoisotopic (exact) mass is 405 g/mol. The third-order valence-electron chi connectivity index (χ3n) is 4.61. The molecule has 2 aromatic rings. The van der Waals surface area contributed by atoms with E-state index in [1.54, 1.807) is 30.5 Å². The van der Waals surface area contributed by atoms with Crippen molar-refractivity contribution in [3.05, 3.63) is 46.0 Å². The van der Waals surface area contributed by atoms with E-state index in [4.69, 9.17) is 14.9 Å². The van der Waals surface area contributed by atoms with Gasteiger partial charge in [-0.2, -0.15) is 0 Å². The summed E-state index contributed by atoms with van der Waals surface area (Å²) in [5, 5.41) is 8.71. The maximum Gasteiger partial charge on any atom is 0.284 e. The first-order valence-corrected chi connectivity index (χ1v) is 10.2. The van der Waals surface area contributed by atoms with E-state index in [1.165, 1.54) is 4.88 Å². The fourth-order valence-electron chi connectivity index (χ4n) is 3.21. The number of carbonyl (C=O) groups excluding carboxylic acids is 1. The summed E-state index contributed by atoms with van der Waals surface area (Å²) in [4.78, 5) is 19.2.